The highest BCUT2D eigenvalue weighted by Gasteiger charge is 2.25. The van der Waals surface area contributed by atoms with E-state index in [1.54, 1.807) is 0 Å². The average molecular weight is 376 g/mol. The number of H-pyrrole nitrogens is 1. The van der Waals surface area contributed by atoms with E-state index < -0.39 is 6.03 Å². The van der Waals surface area contributed by atoms with Crippen LogP contribution in [-0.4, -0.2) is 46.7 Å². The van der Waals surface area contributed by atoms with Gasteiger partial charge in [0.2, 0.25) is 5.91 Å². The van der Waals surface area contributed by atoms with E-state index >= 15 is 0 Å². The number of nitrogens with two attached hydrogens (primary N) is 1. The van der Waals surface area contributed by atoms with Crippen molar-refractivity contribution in [1.29, 1.82) is 0 Å². The lowest BCUT2D eigenvalue weighted by Gasteiger charge is -2.31. The Hall–Kier alpha value is -2.54. The first-order chi connectivity index (χ1) is 12.5. The molecule has 1 fully saturated rings. The number of aromatic nitrogens is 2. The molecule has 2 heterocycles. The minimum Gasteiger partial charge on any atom is -0.352 e. The molecule has 0 saturated carbocycles. The minimum atomic E-state index is -0.606. The number of benzene rings is 1. The largest absolute Gasteiger partial charge is 0.352 e. The van der Waals surface area contributed by atoms with Gasteiger partial charge in [-0.25, -0.2) is 4.79 Å². The molecule has 2 aromatic rings. The molecule has 1 saturated heterocycles. The summed E-state index contributed by atoms with van der Waals surface area (Å²) in [5.74, 6) is 0.380. The molecule has 1 aliphatic rings. The quantitative estimate of drug-likeness (QED) is 0.747. The van der Waals surface area contributed by atoms with Crippen molar-refractivity contribution in [3.05, 3.63) is 41.0 Å². The molecular formula is C18H22ClN5O2. The Morgan fingerprint density at radius 1 is 1.31 bits per heavy atom. The molecule has 7 nitrogen and oxygen atoms in total. The number of carbonyl (C=O) groups is 2. The first kappa shape index (κ1) is 18.3. The predicted octanol–water partition coefficient (Wildman–Crippen LogP) is 2.49. The monoisotopic (exact) mass is 375 g/mol. The van der Waals surface area contributed by atoms with E-state index in [2.05, 4.69) is 15.5 Å². The molecule has 3 rings (SSSR count). The van der Waals surface area contributed by atoms with Crippen LogP contribution in [-0.2, 0) is 4.79 Å². The molecule has 0 radical (unpaired) electrons. The average Bonchev–Trinajstić information content (AvgIpc) is 3.11. The molecule has 0 bridgehead atoms. The van der Waals surface area contributed by atoms with Crippen LogP contribution < -0.4 is 11.1 Å². The summed E-state index contributed by atoms with van der Waals surface area (Å²) in [6, 6.07) is 9.06. The van der Waals surface area contributed by atoms with E-state index in [9.17, 15) is 9.59 Å². The van der Waals surface area contributed by atoms with Crippen molar-refractivity contribution in [2.24, 2.45) is 5.73 Å². The number of likely N-dealkylation sites (tertiary alicyclic amines) is 1. The Bertz CT molecular complexity index is 783. The lowest BCUT2D eigenvalue weighted by Crippen LogP contribution is -2.40. The molecule has 3 amide bonds. The normalized spacial score (nSPS) is 15.0. The molecule has 0 spiro atoms. The number of urea groups is 1. The van der Waals surface area contributed by atoms with Crippen LogP contribution in [0.5, 0.6) is 0 Å². The van der Waals surface area contributed by atoms with Gasteiger partial charge in [0.05, 0.1) is 10.7 Å². The molecule has 8 heteroatoms. The van der Waals surface area contributed by atoms with Gasteiger partial charge in [-0.3, -0.25) is 9.89 Å². The van der Waals surface area contributed by atoms with Crippen LogP contribution in [0.4, 0.5) is 4.79 Å². The summed E-state index contributed by atoms with van der Waals surface area (Å²) in [7, 11) is 0. The fourth-order valence-corrected chi connectivity index (χ4v) is 3.48. The van der Waals surface area contributed by atoms with Crippen LogP contribution in [0.3, 0.4) is 0 Å². The lowest BCUT2D eigenvalue weighted by molar-refractivity contribution is -0.132. The van der Waals surface area contributed by atoms with Crippen molar-refractivity contribution >= 4 is 23.5 Å². The Labute approximate surface area is 156 Å². The Morgan fingerprint density at radius 3 is 2.73 bits per heavy atom. The number of rotatable bonds is 5. The highest BCUT2D eigenvalue weighted by Crippen LogP contribution is 2.31. The maximum atomic E-state index is 12.1. The van der Waals surface area contributed by atoms with Gasteiger partial charge in [-0.05, 0) is 25.0 Å². The van der Waals surface area contributed by atoms with Gasteiger partial charge in [0.25, 0.3) is 0 Å². The zero-order valence-electron chi connectivity index (χ0n) is 14.4. The second-order valence-electron chi connectivity index (χ2n) is 6.38. The smallest absolute Gasteiger partial charge is 0.312 e. The topological polar surface area (TPSA) is 104 Å². The third-order valence-electron chi connectivity index (χ3n) is 4.67. The van der Waals surface area contributed by atoms with Crippen LogP contribution in [0.1, 0.15) is 30.9 Å². The van der Waals surface area contributed by atoms with Gasteiger partial charge >= 0.3 is 6.03 Å². The van der Waals surface area contributed by atoms with Crippen LogP contribution in [0.2, 0.25) is 5.02 Å². The van der Waals surface area contributed by atoms with E-state index in [0.717, 1.165) is 29.8 Å². The number of halogens is 1. The third-order valence-corrected chi connectivity index (χ3v) is 5.00. The fourth-order valence-electron chi connectivity index (χ4n) is 3.24. The van der Waals surface area contributed by atoms with Crippen molar-refractivity contribution in [2.45, 2.75) is 25.2 Å². The Balaban J connectivity index is 1.55. The Morgan fingerprint density at radius 2 is 2.04 bits per heavy atom. The standard InChI is InChI=1S/C18H22ClN5O2/c19-14-4-2-1-3-13(14)16-11-15(22-23-16)12-6-9-24(10-7-12)17(25)5-8-21-18(20)26/h1-4,11-12H,5-10H2,(H,22,23)(H3,20,21,26). The summed E-state index contributed by atoms with van der Waals surface area (Å²) < 4.78 is 0. The maximum absolute atomic E-state index is 12.1. The van der Waals surface area contributed by atoms with Gasteiger partial charge in [0.15, 0.2) is 0 Å². The molecule has 4 N–H and O–H groups in total. The van der Waals surface area contributed by atoms with E-state index in [1.807, 2.05) is 35.2 Å². The molecule has 138 valence electrons. The highest BCUT2D eigenvalue weighted by atomic mass is 35.5. The number of piperidine rings is 1. The first-order valence-corrected chi connectivity index (χ1v) is 9.03. The summed E-state index contributed by atoms with van der Waals surface area (Å²) in [6.45, 7) is 1.66. The van der Waals surface area contributed by atoms with Gasteiger partial charge in [-0.15, -0.1) is 0 Å². The number of hydrogen-bond acceptors (Lipinski definition) is 3. The van der Waals surface area contributed by atoms with Crippen molar-refractivity contribution in [3.8, 4) is 11.3 Å². The number of hydrogen-bond donors (Lipinski definition) is 3. The van der Waals surface area contributed by atoms with E-state index in [-0.39, 0.29) is 18.9 Å². The summed E-state index contributed by atoms with van der Waals surface area (Å²) in [5.41, 5.74) is 7.82. The number of nitrogens with one attached hydrogen (secondary N) is 2. The number of aromatic amines is 1. The summed E-state index contributed by atoms with van der Waals surface area (Å²) in [5, 5.41) is 10.6. The zero-order chi connectivity index (χ0) is 18.5. The van der Waals surface area contributed by atoms with Gasteiger partial charge in [-0.2, -0.15) is 5.10 Å². The number of primary amides is 1. The second-order valence-corrected chi connectivity index (χ2v) is 6.79. The molecule has 0 aliphatic carbocycles. The van der Waals surface area contributed by atoms with Gasteiger partial charge in [0, 0.05) is 43.2 Å². The minimum absolute atomic E-state index is 0.0403. The van der Waals surface area contributed by atoms with Crippen LogP contribution in [0, 0.1) is 0 Å². The van der Waals surface area contributed by atoms with Crippen molar-refractivity contribution in [2.75, 3.05) is 19.6 Å². The number of carbonyl (C=O) groups excluding carboxylic acids is 2. The van der Waals surface area contributed by atoms with E-state index in [4.69, 9.17) is 17.3 Å². The van der Waals surface area contributed by atoms with Gasteiger partial charge < -0.3 is 16.0 Å². The van der Waals surface area contributed by atoms with Crippen molar-refractivity contribution < 1.29 is 9.59 Å². The molecule has 1 aromatic heterocycles. The first-order valence-electron chi connectivity index (χ1n) is 8.66. The van der Waals surface area contributed by atoms with Gasteiger partial charge in [-0.1, -0.05) is 29.8 Å². The SMILES string of the molecule is NC(=O)NCCC(=O)N1CCC(c2cc(-c3ccccc3Cl)n[nH]2)CC1. The second kappa shape index (κ2) is 8.23. The molecule has 26 heavy (non-hydrogen) atoms. The molecular weight excluding hydrogens is 354 g/mol. The highest BCUT2D eigenvalue weighted by molar-refractivity contribution is 6.33. The molecule has 1 aliphatic heterocycles. The van der Waals surface area contributed by atoms with Gasteiger partial charge in [0.1, 0.15) is 0 Å². The maximum Gasteiger partial charge on any atom is 0.312 e. The fraction of sp³-hybridized carbons (Fsp3) is 0.389. The van der Waals surface area contributed by atoms with Crippen molar-refractivity contribution in [1.82, 2.24) is 20.4 Å². The lowest BCUT2D eigenvalue weighted by atomic mass is 9.93. The van der Waals surface area contributed by atoms with E-state index in [1.165, 1.54) is 0 Å². The summed E-state index contributed by atoms with van der Waals surface area (Å²) in [4.78, 5) is 24.6. The molecule has 1 aromatic carbocycles. The van der Waals surface area contributed by atoms with Crippen molar-refractivity contribution in [3.63, 3.8) is 0 Å². The number of nitrogens with zero attached hydrogens (tertiary/aromatic N) is 2. The van der Waals surface area contributed by atoms with Crippen LogP contribution >= 0.6 is 11.6 Å². The van der Waals surface area contributed by atoms with E-state index in [0.29, 0.717) is 24.0 Å². The predicted molar refractivity (Wildman–Crippen MR) is 99.8 cm³/mol. The number of amides is 3. The Kier molecular flexibility index (Phi) is 5.78. The third kappa shape index (κ3) is 4.35. The van der Waals surface area contributed by atoms with Crippen LogP contribution in [0.25, 0.3) is 11.3 Å². The summed E-state index contributed by atoms with van der Waals surface area (Å²) >= 11 is 6.24. The molecule has 0 atom stereocenters. The van der Waals surface area contributed by atoms with Crippen LogP contribution in [0.15, 0.2) is 30.3 Å². The molecule has 0 unspecified atom stereocenters. The summed E-state index contributed by atoms with van der Waals surface area (Å²) in [6.07, 6.45) is 2.02. The zero-order valence-corrected chi connectivity index (χ0v) is 15.1.